The topological polar surface area (TPSA) is 12.0 Å². The van der Waals surface area contributed by atoms with Gasteiger partial charge in [0.15, 0.2) is 11.6 Å². The molecule has 0 heterocycles. The smallest absolute Gasteiger partial charge is 0.166 e. The van der Waals surface area contributed by atoms with E-state index in [1.807, 2.05) is 13.8 Å². The quantitative estimate of drug-likeness (QED) is 0.881. The zero-order valence-corrected chi connectivity index (χ0v) is 11.4. The SMILES string of the molecule is CC(C)NCc1ccc(F)c(-c2cccc(F)c2F)c1. The van der Waals surface area contributed by atoms with Crippen molar-refractivity contribution in [1.29, 1.82) is 0 Å². The summed E-state index contributed by atoms with van der Waals surface area (Å²) in [6.07, 6.45) is 0. The highest BCUT2D eigenvalue weighted by molar-refractivity contribution is 5.65. The third kappa shape index (κ3) is 3.20. The molecule has 0 saturated carbocycles. The monoisotopic (exact) mass is 279 g/mol. The summed E-state index contributed by atoms with van der Waals surface area (Å²) in [6.45, 7) is 4.54. The standard InChI is InChI=1S/C16H16F3N/c1-10(2)20-9-11-6-7-14(17)13(8-11)12-4-3-5-15(18)16(12)19/h3-8,10,20H,9H2,1-2H3. The van der Waals surface area contributed by atoms with E-state index in [1.54, 1.807) is 12.1 Å². The maximum absolute atomic E-state index is 13.9. The molecule has 0 spiro atoms. The first-order valence-electron chi connectivity index (χ1n) is 6.45. The van der Waals surface area contributed by atoms with Crippen molar-refractivity contribution in [2.24, 2.45) is 0 Å². The van der Waals surface area contributed by atoms with E-state index in [1.165, 1.54) is 18.2 Å². The van der Waals surface area contributed by atoms with Crippen LogP contribution >= 0.6 is 0 Å². The highest BCUT2D eigenvalue weighted by Gasteiger charge is 2.14. The average Bonchev–Trinajstić information content (AvgIpc) is 2.41. The molecule has 2 aromatic carbocycles. The van der Waals surface area contributed by atoms with Gasteiger partial charge < -0.3 is 5.32 Å². The lowest BCUT2D eigenvalue weighted by atomic mass is 10.0. The molecule has 0 atom stereocenters. The Hall–Kier alpha value is -1.81. The predicted octanol–water partition coefficient (Wildman–Crippen LogP) is 4.27. The maximum atomic E-state index is 13.9. The molecular weight excluding hydrogens is 263 g/mol. The zero-order valence-electron chi connectivity index (χ0n) is 11.4. The van der Waals surface area contributed by atoms with Crippen molar-refractivity contribution in [3.63, 3.8) is 0 Å². The summed E-state index contributed by atoms with van der Waals surface area (Å²) >= 11 is 0. The largest absolute Gasteiger partial charge is 0.310 e. The van der Waals surface area contributed by atoms with Crippen LogP contribution in [0.15, 0.2) is 36.4 Å². The highest BCUT2D eigenvalue weighted by Crippen LogP contribution is 2.27. The van der Waals surface area contributed by atoms with Crippen LogP contribution in [0.4, 0.5) is 13.2 Å². The number of halogens is 3. The lowest BCUT2D eigenvalue weighted by Crippen LogP contribution is -2.21. The van der Waals surface area contributed by atoms with Crippen LogP contribution in [0, 0.1) is 17.5 Å². The average molecular weight is 279 g/mol. The van der Waals surface area contributed by atoms with Crippen molar-refractivity contribution in [3.05, 3.63) is 59.4 Å². The minimum atomic E-state index is -1.03. The Morgan fingerprint density at radius 3 is 2.40 bits per heavy atom. The van der Waals surface area contributed by atoms with Crippen molar-refractivity contribution in [2.75, 3.05) is 0 Å². The molecule has 0 aliphatic rings. The summed E-state index contributed by atoms with van der Waals surface area (Å²) in [5, 5.41) is 3.20. The van der Waals surface area contributed by atoms with Crippen molar-refractivity contribution in [3.8, 4) is 11.1 Å². The normalized spacial score (nSPS) is 11.1. The Morgan fingerprint density at radius 2 is 1.70 bits per heavy atom. The number of hydrogen-bond acceptors (Lipinski definition) is 1. The molecule has 0 amide bonds. The first-order chi connectivity index (χ1) is 9.49. The van der Waals surface area contributed by atoms with Gasteiger partial charge >= 0.3 is 0 Å². The molecule has 2 aromatic rings. The van der Waals surface area contributed by atoms with Crippen LogP contribution in [-0.2, 0) is 6.54 Å². The van der Waals surface area contributed by atoms with Crippen LogP contribution in [0.1, 0.15) is 19.4 Å². The Kier molecular flexibility index (Phi) is 4.45. The van der Waals surface area contributed by atoms with Crippen LogP contribution in [0.25, 0.3) is 11.1 Å². The second-order valence-corrected chi connectivity index (χ2v) is 4.95. The minimum absolute atomic E-state index is 0.0612. The third-order valence-corrected chi connectivity index (χ3v) is 2.99. The molecular formula is C16H16F3N. The molecule has 0 unspecified atom stereocenters. The lowest BCUT2D eigenvalue weighted by Gasteiger charge is -2.11. The molecule has 0 saturated heterocycles. The molecule has 4 heteroatoms. The van der Waals surface area contributed by atoms with Gasteiger partial charge in [-0.1, -0.05) is 32.0 Å². The molecule has 0 aliphatic heterocycles. The second kappa shape index (κ2) is 6.09. The lowest BCUT2D eigenvalue weighted by molar-refractivity contribution is 0.510. The van der Waals surface area contributed by atoms with Gasteiger partial charge in [-0.2, -0.15) is 0 Å². The van der Waals surface area contributed by atoms with E-state index in [2.05, 4.69) is 5.32 Å². The van der Waals surface area contributed by atoms with Gasteiger partial charge in [0.2, 0.25) is 0 Å². The Balaban J connectivity index is 2.40. The predicted molar refractivity (Wildman–Crippen MR) is 73.7 cm³/mol. The minimum Gasteiger partial charge on any atom is -0.310 e. The fourth-order valence-electron chi connectivity index (χ4n) is 1.92. The summed E-state index contributed by atoms with van der Waals surface area (Å²) in [7, 11) is 0. The molecule has 0 aliphatic carbocycles. The van der Waals surface area contributed by atoms with Crippen molar-refractivity contribution >= 4 is 0 Å². The van der Waals surface area contributed by atoms with Gasteiger partial charge in [0.05, 0.1) is 0 Å². The van der Waals surface area contributed by atoms with E-state index < -0.39 is 17.5 Å². The Morgan fingerprint density at radius 1 is 0.950 bits per heavy atom. The van der Waals surface area contributed by atoms with Gasteiger partial charge in [0, 0.05) is 23.7 Å². The van der Waals surface area contributed by atoms with Crippen molar-refractivity contribution in [1.82, 2.24) is 5.32 Å². The van der Waals surface area contributed by atoms with Crippen LogP contribution < -0.4 is 5.32 Å². The number of rotatable bonds is 4. The zero-order chi connectivity index (χ0) is 14.7. The van der Waals surface area contributed by atoms with Crippen LogP contribution in [-0.4, -0.2) is 6.04 Å². The van der Waals surface area contributed by atoms with Crippen LogP contribution in [0.5, 0.6) is 0 Å². The van der Waals surface area contributed by atoms with Gasteiger partial charge in [-0.25, -0.2) is 13.2 Å². The fourth-order valence-corrected chi connectivity index (χ4v) is 1.92. The summed E-state index contributed by atoms with van der Waals surface area (Å²) < 4.78 is 40.9. The van der Waals surface area contributed by atoms with Gasteiger partial charge in [0.25, 0.3) is 0 Å². The fraction of sp³-hybridized carbons (Fsp3) is 0.250. The molecule has 0 aromatic heterocycles. The second-order valence-electron chi connectivity index (χ2n) is 4.95. The molecule has 106 valence electrons. The van der Waals surface area contributed by atoms with E-state index >= 15 is 0 Å². The van der Waals surface area contributed by atoms with Gasteiger partial charge in [-0.15, -0.1) is 0 Å². The Labute approximate surface area is 116 Å². The summed E-state index contributed by atoms with van der Waals surface area (Å²) in [4.78, 5) is 0. The summed E-state index contributed by atoms with van der Waals surface area (Å²) in [5.41, 5.74) is 0.831. The van der Waals surface area contributed by atoms with Crippen molar-refractivity contribution < 1.29 is 13.2 Å². The first-order valence-corrected chi connectivity index (χ1v) is 6.45. The van der Waals surface area contributed by atoms with E-state index in [-0.39, 0.29) is 17.2 Å². The van der Waals surface area contributed by atoms with Gasteiger partial charge in [-0.3, -0.25) is 0 Å². The van der Waals surface area contributed by atoms with Crippen LogP contribution in [0.2, 0.25) is 0 Å². The van der Waals surface area contributed by atoms with Gasteiger partial charge in [-0.05, 0) is 23.8 Å². The maximum Gasteiger partial charge on any atom is 0.166 e. The molecule has 20 heavy (non-hydrogen) atoms. The van der Waals surface area contributed by atoms with E-state index in [4.69, 9.17) is 0 Å². The van der Waals surface area contributed by atoms with Crippen LogP contribution in [0.3, 0.4) is 0 Å². The molecule has 0 bridgehead atoms. The molecule has 1 N–H and O–H groups in total. The first kappa shape index (κ1) is 14.6. The molecule has 0 radical (unpaired) electrons. The highest BCUT2D eigenvalue weighted by atomic mass is 19.2. The van der Waals surface area contributed by atoms with Gasteiger partial charge in [0.1, 0.15) is 5.82 Å². The van der Waals surface area contributed by atoms with E-state index in [9.17, 15) is 13.2 Å². The molecule has 1 nitrogen and oxygen atoms in total. The number of nitrogens with one attached hydrogen (secondary N) is 1. The Bertz CT molecular complexity index is 609. The summed E-state index contributed by atoms with van der Waals surface area (Å²) in [5.74, 6) is -2.57. The molecule has 0 fully saturated rings. The van der Waals surface area contributed by atoms with Crippen molar-refractivity contribution in [2.45, 2.75) is 26.4 Å². The number of benzene rings is 2. The van der Waals surface area contributed by atoms with E-state index in [0.717, 1.165) is 11.6 Å². The number of hydrogen-bond donors (Lipinski definition) is 1. The third-order valence-electron chi connectivity index (χ3n) is 2.99. The summed E-state index contributed by atoms with van der Waals surface area (Å²) in [6, 6.07) is 8.49. The molecule has 2 rings (SSSR count). The van der Waals surface area contributed by atoms with E-state index in [0.29, 0.717) is 6.54 Å².